The van der Waals surface area contributed by atoms with Gasteiger partial charge in [0.2, 0.25) is 0 Å². The number of rotatable bonds is 6. The summed E-state index contributed by atoms with van der Waals surface area (Å²) >= 11 is 0. The smallest absolute Gasteiger partial charge is 0.119 e. The highest BCUT2D eigenvalue weighted by Crippen LogP contribution is 2.07. The lowest BCUT2D eigenvalue weighted by atomic mass is 10.2. The Kier molecular flexibility index (Phi) is 5.87. The molecule has 1 aromatic rings. The van der Waals surface area contributed by atoms with Crippen molar-refractivity contribution in [2.75, 3.05) is 0 Å². The van der Waals surface area contributed by atoms with Crippen molar-refractivity contribution >= 4 is 0 Å². The van der Waals surface area contributed by atoms with E-state index in [0.717, 1.165) is 11.3 Å². The summed E-state index contributed by atoms with van der Waals surface area (Å²) < 4.78 is 5.65. The average Bonchev–Trinajstić information content (AvgIpc) is 2.34. The van der Waals surface area contributed by atoms with Crippen molar-refractivity contribution < 1.29 is 4.74 Å². The molecule has 90 valence electrons. The van der Waals surface area contributed by atoms with E-state index >= 15 is 0 Å². The molecule has 0 N–H and O–H groups in total. The maximum absolute atomic E-state index is 5.65. The zero-order valence-electron chi connectivity index (χ0n) is 10.6. The molecule has 1 aromatic carbocycles. The minimum Gasteiger partial charge on any atom is -0.489 e. The van der Waals surface area contributed by atoms with E-state index in [0.29, 0.717) is 12.5 Å². The minimum atomic E-state index is 0.548. The molecule has 0 spiro atoms. The lowest BCUT2D eigenvalue weighted by Crippen LogP contribution is -1.91. The first-order valence-electron chi connectivity index (χ1n) is 5.90. The normalized spacial score (nSPS) is 12.1. The third-order valence-corrected chi connectivity index (χ3v) is 2.21. The summed E-state index contributed by atoms with van der Waals surface area (Å²) in [6.07, 6.45) is 7.80. The predicted molar refractivity (Wildman–Crippen MR) is 73.5 cm³/mol. The molecule has 0 aliphatic carbocycles. The van der Waals surface area contributed by atoms with E-state index in [1.165, 1.54) is 0 Å². The first kappa shape index (κ1) is 13.3. The second kappa shape index (κ2) is 7.50. The van der Waals surface area contributed by atoms with Crippen LogP contribution in [0, 0.1) is 5.92 Å². The zero-order valence-corrected chi connectivity index (χ0v) is 10.6. The van der Waals surface area contributed by atoms with Crippen molar-refractivity contribution in [1.82, 2.24) is 0 Å². The Bertz CT molecular complexity index is 385. The van der Waals surface area contributed by atoms with Crippen molar-refractivity contribution in [3.05, 3.63) is 72.5 Å². The quantitative estimate of drug-likeness (QED) is 0.515. The van der Waals surface area contributed by atoms with Gasteiger partial charge < -0.3 is 4.74 Å². The van der Waals surface area contributed by atoms with Crippen molar-refractivity contribution in [3.8, 4) is 0 Å². The van der Waals surface area contributed by atoms with Crippen LogP contribution in [-0.4, -0.2) is 0 Å². The summed E-state index contributed by atoms with van der Waals surface area (Å²) in [7, 11) is 0. The molecule has 0 fully saturated rings. The van der Waals surface area contributed by atoms with Crippen molar-refractivity contribution in [1.29, 1.82) is 0 Å². The lowest BCUT2D eigenvalue weighted by Gasteiger charge is -2.06. The van der Waals surface area contributed by atoms with E-state index in [2.05, 4.69) is 26.5 Å². The molecule has 0 aliphatic rings. The molecule has 0 atom stereocenters. The fourth-order valence-electron chi connectivity index (χ4n) is 1.29. The molecule has 0 amide bonds. The number of allylic oxidation sites excluding steroid dienone is 4. The molecule has 0 heterocycles. The van der Waals surface area contributed by atoms with E-state index in [9.17, 15) is 0 Å². The highest BCUT2D eigenvalue weighted by atomic mass is 16.5. The Hall–Kier alpha value is -1.76. The Morgan fingerprint density at radius 1 is 1.29 bits per heavy atom. The number of benzene rings is 1. The average molecular weight is 228 g/mol. The minimum absolute atomic E-state index is 0.548. The van der Waals surface area contributed by atoms with Crippen LogP contribution in [-0.2, 0) is 11.3 Å². The molecule has 0 aromatic heterocycles. The molecule has 17 heavy (non-hydrogen) atoms. The van der Waals surface area contributed by atoms with Crippen LogP contribution in [0.3, 0.4) is 0 Å². The first-order chi connectivity index (χ1) is 8.22. The standard InChI is InChI=1S/C16H20O/c1-4-16(12-8-9-14(2)3)17-13-15-10-6-5-7-11-15/h4-12,14H,1,13H2,2-3H3. The van der Waals surface area contributed by atoms with Crippen LogP contribution in [0.25, 0.3) is 0 Å². The number of ether oxygens (including phenoxy) is 1. The van der Waals surface area contributed by atoms with Crippen LogP contribution >= 0.6 is 0 Å². The van der Waals surface area contributed by atoms with E-state index in [4.69, 9.17) is 4.74 Å². The van der Waals surface area contributed by atoms with Crippen LogP contribution in [0.4, 0.5) is 0 Å². The van der Waals surface area contributed by atoms with Gasteiger partial charge in [0, 0.05) is 0 Å². The van der Waals surface area contributed by atoms with Gasteiger partial charge in [-0.1, -0.05) is 62.9 Å². The molecule has 0 aliphatic heterocycles. The van der Waals surface area contributed by atoms with Crippen LogP contribution in [0.15, 0.2) is 67.0 Å². The predicted octanol–water partition coefficient (Wildman–Crippen LogP) is 4.49. The fraction of sp³-hybridized carbons (Fsp3) is 0.250. The fourth-order valence-corrected chi connectivity index (χ4v) is 1.29. The second-order valence-corrected chi connectivity index (χ2v) is 4.18. The highest BCUT2D eigenvalue weighted by molar-refractivity contribution is 5.18. The van der Waals surface area contributed by atoms with Crippen molar-refractivity contribution in [2.24, 2.45) is 5.92 Å². The Morgan fingerprint density at radius 3 is 2.59 bits per heavy atom. The maximum Gasteiger partial charge on any atom is 0.119 e. The monoisotopic (exact) mass is 228 g/mol. The summed E-state index contributed by atoms with van der Waals surface area (Å²) in [5, 5.41) is 0. The van der Waals surface area contributed by atoms with Gasteiger partial charge in [-0.3, -0.25) is 0 Å². The summed E-state index contributed by atoms with van der Waals surface area (Å²) in [6.45, 7) is 8.60. The summed E-state index contributed by atoms with van der Waals surface area (Å²) in [5.41, 5.74) is 1.16. The number of hydrogen-bond acceptors (Lipinski definition) is 1. The second-order valence-electron chi connectivity index (χ2n) is 4.18. The van der Waals surface area contributed by atoms with Crippen LogP contribution in [0.2, 0.25) is 0 Å². The Labute approximate surface area is 104 Å². The van der Waals surface area contributed by atoms with E-state index in [1.54, 1.807) is 6.08 Å². The number of hydrogen-bond donors (Lipinski definition) is 0. The van der Waals surface area contributed by atoms with Gasteiger partial charge in [-0.25, -0.2) is 0 Å². The van der Waals surface area contributed by atoms with E-state index < -0.39 is 0 Å². The van der Waals surface area contributed by atoms with Gasteiger partial charge in [-0.05, 0) is 23.6 Å². The molecule has 0 saturated heterocycles. The molecule has 1 nitrogen and oxygen atoms in total. The highest BCUT2D eigenvalue weighted by Gasteiger charge is 1.93. The summed E-state index contributed by atoms with van der Waals surface area (Å²) in [5.74, 6) is 1.34. The molecule has 0 bridgehead atoms. The van der Waals surface area contributed by atoms with Gasteiger partial charge in [0.05, 0.1) is 0 Å². The van der Waals surface area contributed by atoms with Gasteiger partial charge >= 0.3 is 0 Å². The Morgan fingerprint density at radius 2 is 2.00 bits per heavy atom. The summed E-state index contributed by atoms with van der Waals surface area (Å²) in [6, 6.07) is 10.1. The van der Waals surface area contributed by atoms with E-state index in [-0.39, 0.29) is 0 Å². The maximum atomic E-state index is 5.65. The van der Waals surface area contributed by atoms with Gasteiger partial charge in [0.1, 0.15) is 12.4 Å². The molecule has 1 heteroatoms. The van der Waals surface area contributed by atoms with Gasteiger partial charge in [-0.15, -0.1) is 0 Å². The van der Waals surface area contributed by atoms with Crippen molar-refractivity contribution in [3.63, 3.8) is 0 Å². The lowest BCUT2D eigenvalue weighted by molar-refractivity contribution is 0.211. The van der Waals surface area contributed by atoms with Crippen molar-refractivity contribution in [2.45, 2.75) is 20.5 Å². The summed E-state index contributed by atoms with van der Waals surface area (Å²) in [4.78, 5) is 0. The zero-order chi connectivity index (χ0) is 12.5. The van der Waals surface area contributed by atoms with Gasteiger partial charge in [-0.2, -0.15) is 0 Å². The van der Waals surface area contributed by atoms with Gasteiger partial charge in [0.25, 0.3) is 0 Å². The SMILES string of the molecule is C=CC(=CC=CC(C)C)OCc1ccccc1. The molecule has 0 unspecified atom stereocenters. The third-order valence-electron chi connectivity index (χ3n) is 2.21. The van der Waals surface area contributed by atoms with Crippen LogP contribution < -0.4 is 0 Å². The van der Waals surface area contributed by atoms with Gasteiger partial charge in [0.15, 0.2) is 0 Å². The topological polar surface area (TPSA) is 9.23 Å². The van der Waals surface area contributed by atoms with Crippen LogP contribution in [0.5, 0.6) is 0 Å². The van der Waals surface area contributed by atoms with Crippen LogP contribution in [0.1, 0.15) is 19.4 Å². The van der Waals surface area contributed by atoms with E-state index in [1.807, 2.05) is 42.5 Å². The molecule has 0 radical (unpaired) electrons. The Balaban J connectivity index is 2.50. The molecular formula is C16H20O. The molecule has 0 saturated carbocycles. The first-order valence-corrected chi connectivity index (χ1v) is 5.90. The molecule has 1 rings (SSSR count). The molecular weight excluding hydrogens is 208 g/mol. The third kappa shape index (κ3) is 5.76. The largest absolute Gasteiger partial charge is 0.489 e.